The van der Waals surface area contributed by atoms with E-state index in [0.29, 0.717) is 13.1 Å². The van der Waals surface area contributed by atoms with Crippen LogP contribution in [0.25, 0.3) is 6.08 Å². The van der Waals surface area contributed by atoms with E-state index in [1.165, 1.54) is 0 Å². The molecule has 1 amide bonds. The summed E-state index contributed by atoms with van der Waals surface area (Å²) in [5, 5.41) is 3.00. The number of amides is 1. The molecule has 1 aromatic heterocycles. The molecule has 1 saturated heterocycles. The number of ether oxygens (including phenoxy) is 2. The van der Waals surface area contributed by atoms with Crippen LogP contribution < -0.4 is 14.4 Å². The van der Waals surface area contributed by atoms with Crippen LogP contribution in [-0.2, 0) is 4.79 Å². The van der Waals surface area contributed by atoms with Gasteiger partial charge in [0.05, 0.1) is 0 Å². The van der Waals surface area contributed by atoms with Crippen LogP contribution in [0.5, 0.6) is 11.5 Å². The third kappa shape index (κ3) is 3.07. The lowest BCUT2D eigenvalue weighted by atomic mass is 10.2. The minimum atomic E-state index is 0.0338. The van der Waals surface area contributed by atoms with E-state index in [9.17, 15) is 4.79 Å². The van der Waals surface area contributed by atoms with Crippen molar-refractivity contribution in [2.24, 2.45) is 0 Å². The molecule has 2 aliphatic heterocycles. The first-order chi connectivity index (χ1) is 11.8. The summed E-state index contributed by atoms with van der Waals surface area (Å²) >= 11 is 1.63. The van der Waals surface area contributed by atoms with E-state index >= 15 is 0 Å². The standard InChI is InChI=1S/C17H17N3O3S/c21-16(4-2-13-1-3-14-15(11-13)23-12-22-14)19-6-8-20(9-7-19)17-18-5-10-24-17/h1-5,10-11H,6-9,12H2. The lowest BCUT2D eigenvalue weighted by Gasteiger charge is -2.34. The van der Waals surface area contributed by atoms with Gasteiger partial charge >= 0.3 is 0 Å². The zero-order chi connectivity index (χ0) is 16.4. The Morgan fingerprint density at radius 3 is 2.79 bits per heavy atom. The number of thiazole rings is 1. The van der Waals surface area contributed by atoms with E-state index in [1.54, 1.807) is 17.4 Å². The number of carbonyl (C=O) groups excluding carboxylic acids is 1. The summed E-state index contributed by atoms with van der Waals surface area (Å²) in [6.45, 7) is 3.31. The molecule has 0 radical (unpaired) electrons. The van der Waals surface area contributed by atoms with Crippen LogP contribution in [0.4, 0.5) is 5.13 Å². The molecule has 7 heteroatoms. The fourth-order valence-corrected chi connectivity index (χ4v) is 3.48. The van der Waals surface area contributed by atoms with Crippen LogP contribution in [0.1, 0.15) is 5.56 Å². The first-order valence-electron chi connectivity index (χ1n) is 7.81. The van der Waals surface area contributed by atoms with Gasteiger partial charge in [-0.25, -0.2) is 4.98 Å². The number of nitrogens with zero attached hydrogens (tertiary/aromatic N) is 3. The van der Waals surface area contributed by atoms with Gasteiger partial charge in [-0.15, -0.1) is 11.3 Å². The first kappa shape index (κ1) is 15.0. The molecular formula is C17H17N3O3S. The van der Waals surface area contributed by atoms with Crippen molar-refractivity contribution in [2.45, 2.75) is 0 Å². The highest BCUT2D eigenvalue weighted by molar-refractivity contribution is 7.13. The molecule has 1 fully saturated rings. The quantitative estimate of drug-likeness (QED) is 0.800. The fourth-order valence-electron chi connectivity index (χ4n) is 2.78. The van der Waals surface area contributed by atoms with Gasteiger partial charge in [-0.3, -0.25) is 4.79 Å². The van der Waals surface area contributed by atoms with Gasteiger partial charge in [0.25, 0.3) is 0 Å². The van der Waals surface area contributed by atoms with E-state index < -0.39 is 0 Å². The number of carbonyl (C=O) groups is 1. The lowest BCUT2D eigenvalue weighted by Crippen LogP contribution is -2.48. The third-order valence-corrected chi connectivity index (χ3v) is 4.93. The minimum absolute atomic E-state index is 0.0338. The molecule has 6 nitrogen and oxygen atoms in total. The Kier molecular flexibility index (Phi) is 4.08. The molecule has 0 bridgehead atoms. The molecule has 24 heavy (non-hydrogen) atoms. The van der Waals surface area contributed by atoms with Crippen molar-refractivity contribution in [3.8, 4) is 11.5 Å². The van der Waals surface area contributed by atoms with Crippen LogP contribution in [-0.4, -0.2) is 48.8 Å². The number of hydrogen-bond acceptors (Lipinski definition) is 6. The van der Waals surface area contributed by atoms with Crippen molar-refractivity contribution in [3.63, 3.8) is 0 Å². The summed E-state index contributed by atoms with van der Waals surface area (Å²) in [6.07, 6.45) is 5.25. The molecule has 4 rings (SSSR count). The summed E-state index contributed by atoms with van der Waals surface area (Å²) in [5.41, 5.74) is 0.925. The minimum Gasteiger partial charge on any atom is -0.454 e. The average molecular weight is 343 g/mol. The van der Waals surface area contributed by atoms with E-state index in [2.05, 4.69) is 9.88 Å². The summed E-state index contributed by atoms with van der Waals surface area (Å²) in [7, 11) is 0. The molecule has 1 aromatic carbocycles. The second-order valence-electron chi connectivity index (χ2n) is 5.57. The van der Waals surface area contributed by atoms with Gasteiger partial charge < -0.3 is 19.3 Å². The van der Waals surface area contributed by atoms with Crippen molar-refractivity contribution >= 4 is 28.5 Å². The summed E-state index contributed by atoms with van der Waals surface area (Å²) in [6, 6.07) is 5.66. The van der Waals surface area contributed by atoms with Crippen molar-refractivity contribution in [1.29, 1.82) is 0 Å². The molecule has 0 saturated carbocycles. The van der Waals surface area contributed by atoms with E-state index in [1.807, 2.05) is 40.8 Å². The monoisotopic (exact) mass is 343 g/mol. The Morgan fingerprint density at radius 2 is 2.00 bits per heavy atom. The summed E-state index contributed by atoms with van der Waals surface area (Å²) in [4.78, 5) is 20.8. The Balaban J connectivity index is 1.35. The highest BCUT2D eigenvalue weighted by Gasteiger charge is 2.21. The molecule has 0 unspecified atom stereocenters. The highest BCUT2D eigenvalue weighted by Crippen LogP contribution is 2.32. The molecule has 124 valence electrons. The van der Waals surface area contributed by atoms with Crippen molar-refractivity contribution in [3.05, 3.63) is 41.4 Å². The molecule has 3 heterocycles. The van der Waals surface area contributed by atoms with Crippen molar-refractivity contribution in [2.75, 3.05) is 37.9 Å². The Hall–Kier alpha value is -2.54. The average Bonchev–Trinajstić information content (AvgIpc) is 3.31. The number of anilines is 1. The van der Waals surface area contributed by atoms with E-state index in [4.69, 9.17) is 9.47 Å². The second-order valence-corrected chi connectivity index (χ2v) is 6.45. The zero-order valence-electron chi connectivity index (χ0n) is 13.1. The normalized spacial score (nSPS) is 16.8. The number of piperazine rings is 1. The second kappa shape index (κ2) is 6.52. The molecule has 2 aliphatic rings. The maximum Gasteiger partial charge on any atom is 0.246 e. The van der Waals surface area contributed by atoms with Gasteiger partial charge in [-0.1, -0.05) is 6.07 Å². The maximum absolute atomic E-state index is 12.3. The summed E-state index contributed by atoms with van der Waals surface area (Å²) in [5.74, 6) is 1.50. The van der Waals surface area contributed by atoms with Crippen molar-refractivity contribution < 1.29 is 14.3 Å². The molecule has 0 atom stereocenters. The predicted molar refractivity (Wildman–Crippen MR) is 92.5 cm³/mol. The zero-order valence-corrected chi connectivity index (χ0v) is 13.9. The lowest BCUT2D eigenvalue weighted by molar-refractivity contribution is -0.126. The largest absolute Gasteiger partial charge is 0.454 e. The smallest absolute Gasteiger partial charge is 0.246 e. The van der Waals surface area contributed by atoms with Gasteiger partial charge in [-0.2, -0.15) is 0 Å². The van der Waals surface area contributed by atoms with Crippen molar-refractivity contribution in [1.82, 2.24) is 9.88 Å². The van der Waals surface area contributed by atoms with Crippen LogP contribution in [0.15, 0.2) is 35.9 Å². The molecule has 0 aliphatic carbocycles. The topological polar surface area (TPSA) is 54.9 Å². The predicted octanol–water partition coefficient (Wildman–Crippen LogP) is 2.23. The van der Waals surface area contributed by atoms with E-state index in [0.717, 1.165) is 35.3 Å². The van der Waals surface area contributed by atoms with Crippen LogP contribution >= 0.6 is 11.3 Å². The highest BCUT2D eigenvalue weighted by atomic mass is 32.1. The number of benzene rings is 1. The first-order valence-corrected chi connectivity index (χ1v) is 8.69. The third-order valence-electron chi connectivity index (χ3n) is 4.10. The molecule has 2 aromatic rings. The SMILES string of the molecule is O=C(C=Cc1ccc2c(c1)OCO2)N1CCN(c2nccs2)CC1. The molecule has 0 spiro atoms. The number of aromatic nitrogens is 1. The maximum atomic E-state index is 12.3. The Bertz CT molecular complexity index is 752. The summed E-state index contributed by atoms with van der Waals surface area (Å²) < 4.78 is 10.6. The van der Waals surface area contributed by atoms with Gasteiger partial charge in [0, 0.05) is 43.8 Å². The fraction of sp³-hybridized carbons (Fsp3) is 0.294. The Labute approximate surface area is 143 Å². The van der Waals surface area contributed by atoms with Gasteiger partial charge in [0.2, 0.25) is 12.7 Å². The van der Waals surface area contributed by atoms with Gasteiger partial charge in [0.15, 0.2) is 16.6 Å². The van der Waals surface area contributed by atoms with Gasteiger partial charge in [0.1, 0.15) is 0 Å². The number of hydrogen-bond donors (Lipinski definition) is 0. The van der Waals surface area contributed by atoms with Crippen LogP contribution in [0.2, 0.25) is 0 Å². The number of rotatable bonds is 3. The van der Waals surface area contributed by atoms with Crippen LogP contribution in [0, 0.1) is 0 Å². The van der Waals surface area contributed by atoms with Gasteiger partial charge in [-0.05, 0) is 23.8 Å². The van der Waals surface area contributed by atoms with Crippen LogP contribution in [0.3, 0.4) is 0 Å². The number of fused-ring (bicyclic) bond motifs is 1. The van der Waals surface area contributed by atoms with E-state index in [-0.39, 0.29) is 12.7 Å². The molecule has 0 N–H and O–H groups in total. The molecular weight excluding hydrogens is 326 g/mol. The Morgan fingerprint density at radius 1 is 1.17 bits per heavy atom.